The first-order valence-electron chi connectivity index (χ1n) is 9.34. The molecule has 6 nitrogen and oxygen atoms in total. The van der Waals surface area contributed by atoms with E-state index in [1.807, 2.05) is 12.1 Å². The van der Waals surface area contributed by atoms with Crippen LogP contribution >= 0.6 is 0 Å². The van der Waals surface area contributed by atoms with E-state index in [1.54, 1.807) is 12.1 Å². The van der Waals surface area contributed by atoms with Crippen molar-refractivity contribution in [2.24, 2.45) is 0 Å². The third kappa shape index (κ3) is 6.27. The van der Waals surface area contributed by atoms with Crippen LogP contribution in [-0.4, -0.2) is 37.0 Å². The average molecular weight is 407 g/mol. The second-order valence-corrected chi connectivity index (χ2v) is 8.72. The summed E-state index contributed by atoms with van der Waals surface area (Å²) in [5, 5.41) is 18.5. The molecule has 0 aliphatic rings. The first-order chi connectivity index (χ1) is 13.3. The van der Waals surface area contributed by atoms with Crippen molar-refractivity contribution in [3.63, 3.8) is 0 Å². The summed E-state index contributed by atoms with van der Waals surface area (Å²) in [6.07, 6.45) is 5.60. The van der Waals surface area contributed by atoms with Gasteiger partial charge in [-0.1, -0.05) is 38.3 Å². The van der Waals surface area contributed by atoms with Crippen LogP contribution in [0.1, 0.15) is 48.5 Å². The number of aryl methyl sites for hydroxylation is 1. The maximum absolute atomic E-state index is 12.4. The Kier molecular flexibility index (Phi) is 7.87. The summed E-state index contributed by atoms with van der Waals surface area (Å²) >= 11 is 0. The highest BCUT2D eigenvalue weighted by Gasteiger charge is 2.15. The van der Waals surface area contributed by atoms with Crippen LogP contribution in [0.4, 0.5) is 0 Å². The fourth-order valence-electron chi connectivity index (χ4n) is 2.78. The number of aromatic carboxylic acids is 1. The highest BCUT2D eigenvalue weighted by atomic mass is 32.2. The number of sulfone groups is 1. The predicted molar refractivity (Wildman–Crippen MR) is 107 cm³/mol. The molecule has 0 fully saturated rings. The van der Waals surface area contributed by atoms with Crippen molar-refractivity contribution in [2.45, 2.75) is 43.9 Å². The Labute approximate surface area is 165 Å². The van der Waals surface area contributed by atoms with Crippen molar-refractivity contribution >= 4 is 15.8 Å². The van der Waals surface area contributed by atoms with Crippen LogP contribution < -0.4 is 4.74 Å². The molecular weight excluding hydrogens is 380 g/mol. The zero-order valence-electron chi connectivity index (χ0n) is 15.9. The van der Waals surface area contributed by atoms with E-state index >= 15 is 0 Å². The van der Waals surface area contributed by atoms with Crippen molar-refractivity contribution in [3.8, 4) is 11.5 Å². The van der Waals surface area contributed by atoms with E-state index in [0.717, 1.165) is 24.5 Å². The van der Waals surface area contributed by atoms with Gasteiger partial charge in [0.15, 0.2) is 9.84 Å². The summed E-state index contributed by atoms with van der Waals surface area (Å²) in [6.45, 7) is 2.04. The molecule has 0 atom stereocenters. The second-order valence-electron chi connectivity index (χ2n) is 6.61. The highest BCUT2D eigenvalue weighted by Crippen LogP contribution is 2.23. The summed E-state index contributed by atoms with van der Waals surface area (Å²) in [4.78, 5) is 11.2. The molecule has 0 aliphatic heterocycles. The first kappa shape index (κ1) is 21.8. The summed E-state index contributed by atoms with van der Waals surface area (Å²) in [6, 6.07) is 10.7. The Morgan fingerprint density at radius 1 is 1.04 bits per heavy atom. The molecule has 0 amide bonds. The first-order valence-corrected chi connectivity index (χ1v) is 11.0. The average Bonchev–Trinajstić information content (AvgIpc) is 2.66. The Hall–Kier alpha value is -2.54. The number of carbonyl (C=O) groups is 1. The van der Waals surface area contributed by atoms with Crippen molar-refractivity contribution < 1.29 is 28.2 Å². The highest BCUT2D eigenvalue weighted by molar-refractivity contribution is 7.91. The second kappa shape index (κ2) is 10.1. The third-order valence-corrected chi connectivity index (χ3v) is 6.12. The largest absolute Gasteiger partial charge is 0.507 e. The Balaban J connectivity index is 1.91. The summed E-state index contributed by atoms with van der Waals surface area (Å²) < 4.78 is 30.3. The number of carboxylic acids is 1. The number of benzene rings is 2. The third-order valence-electron chi connectivity index (χ3n) is 4.42. The van der Waals surface area contributed by atoms with Gasteiger partial charge in [-0.25, -0.2) is 13.2 Å². The van der Waals surface area contributed by atoms with Crippen LogP contribution in [0.15, 0.2) is 47.4 Å². The molecule has 0 bridgehead atoms. The molecule has 0 aliphatic carbocycles. The molecular formula is C21H26O6S. The number of hydrogen-bond acceptors (Lipinski definition) is 5. The van der Waals surface area contributed by atoms with E-state index in [-0.39, 0.29) is 34.3 Å². The van der Waals surface area contributed by atoms with E-state index in [1.165, 1.54) is 31.4 Å². The van der Waals surface area contributed by atoms with Crippen molar-refractivity contribution in [1.82, 2.24) is 0 Å². The Morgan fingerprint density at radius 3 is 2.39 bits per heavy atom. The van der Waals surface area contributed by atoms with Gasteiger partial charge in [-0.15, -0.1) is 0 Å². The van der Waals surface area contributed by atoms with Gasteiger partial charge in [0, 0.05) is 0 Å². The maximum atomic E-state index is 12.4. The number of carboxylic acid groups (broad SMARTS) is 1. The maximum Gasteiger partial charge on any atom is 0.339 e. The van der Waals surface area contributed by atoms with Crippen molar-refractivity contribution in [2.75, 3.05) is 12.4 Å². The van der Waals surface area contributed by atoms with Gasteiger partial charge in [0.25, 0.3) is 0 Å². The van der Waals surface area contributed by atoms with Gasteiger partial charge in [-0.2, -0.15) is 0 Å². The quantitative estimate of drug-likeness (QED) is 0.546. The molecule has 2 rings (SSSR count). The normalized spacial score (nSPS) is 11.3. The minimum Gasteiger partial charge on any atom is -0.507 e. The fourth-order valence-corrected chi connectivity index (χ4v) is 3.87. The molecule has 0 radical (unpaired) electrons. The van der Waals surface area contributed by atoms with Crippen molar-refractivity contribution in [1.29, 1.82) is 0 Å². The van der Waals surface area contributed by atoms with Gasteiger partial charge in [-0.05, 0) is 48.7 Å². The van der Waals surface area contributed by atoms with E-state index < -0.39 is 15.8 Å². The van der Waals surface area contributed by atoms with Crippen LogP contribution in [0.25, 0.3) is 0 Å². The van der Waals surface area contributed by atoms with Gasteiger partial charge in [0.1, 0.15) is 23.7 Å². The smallest absolute Gasteiger partial charge is 0.339 e. The lowest BCUT2D eigenvalue weighted by atomic mass is 10.1. The Bertz CT molecular complexity index is 888. The minimum absolute atomic E-state index is 0.120. The summed E-state index contributed by atoms with van der Waals surface area (Å²) in [5.74, 6) is -1.70. The molecule has 2 aromatic rings. The van der Waals surface area contributed by atoms with Crippen LogP contribution in [0.5, 0.6) is 11.5 Å². The SMILES string of the molecule is CCCCCCc1ccc(S(=O)(=O)CCOc2ccc(O)c(C(=O)O)c2)cc1. The van der Waals surface area contributed by atoms with Gasteiger partial charge in [-0.3, -0.25) is 0 Å². The molecule has 2 N–H and O–H groups in total. The Morgan fingerprint density at radius 2 is 1.75 bits per heavy atom. The molecule has 0 aromatic heterocycles. The molecule has 0 heterocycles. The number of aromatic hydroxyl groups is 1. The van der Waals surface area contributed by atoms with Crippen LogP contribution in [0, 0.1) is 0 Å². The lowest BCUT2D eigenvalue weighted by Gasteiger charge is -2.09. The molecule has 0 spiro atoms. The summed E-state index contributed by atoms with van der Waals surface area (Å²) in [5.41, 5.74) is 0.825. The minimum atomic E-state index is -3.50. The molecule has 0 unspecified atom stereocenters. The van der Waals surface area contributed by atoms with Gasteiger partial charge in [0.05, 0.1) is 10.6 Å². The van der Waals surface area contributed by atoms with Gasteiger partial charge >= 0.3 is 5.97 Å². The molecule has 2 aromatic carbocycles. The van der Waals surface area contributed by atoms with E-state index in [2.05, 4.69) is 6.92 Å². The molecule has 0 saturated carbocycles. The zero-order chi connectivity index (χ0) is 20.6. The van der Waals surface area contributed by atoms with E-state index in [9.17, 15) is 18.3 Å². The van der Waals surface area contributed by atoms with Crippen LogP contribution in [0.3, 0.4) is 0 Å². The lowest BCUT2D eigenvalue weighted by molar-refractivity contribution is 0.0693. The van der Waals surface area contributed by atoms with E-state index in [0.29, 0.717) is 0 Å². The monoisotopic (exact) mass is 406 g/mol. The van der Waals surface area contributed by atoms with Crippen molar-refractivity contribution in [3.05, 3.63) is 53.6 Å². The lowest BCUT2D eigenvalue weighted by Crippen LogP contribution is -2.14. The number of ether oxygens (including phenoxy) is 1. The van der Waals surface area contributed by atoms with Crippen LogP contribution in [0.2, 0.25) is 0 Å². The number of phenols is 1. The zero-order valence-corrected chi connectivity index (χ0v) is 16.7. The fraction of sp³-hybridized carbons (Fsp3) is 0.381. The summed E-state index contributed by atoms with van der Waals surface area (Å²) in [7, 11) is -3.50. The standard InChI is InChI=1S/C21H26O6S/c1-2-3-4-5-6-16-7-10-18(11-8-16)28(25,26)14-13-27-17-9-12-20(22)19(15-17)21(23)24/h7-12,15,22H,2-6,13-14H2,1H3,(H,23,24). The number of hydrogen-bond donors (Lipinski definition) is 2. The molecule has 28 heavy (non-hydrogen) atoms. The van der Waals surface area contributed by atoms with Crippen LogP contribution in [-0.2, 0) is 16.3 Å². The molecule has 152 valence electrons. The van der Waals surface area contributed by atoms with Gasteiger partial charge in [0.2, 0.25) is 0 Å². The number of rotatable bonds is 11. The number of unbranched alkanes of at least 4 members (excludes halogenated alkanes) is 3. The van der Waals surface area contributed by atoms with E-state index in [4.69, 9.17) is 9.84 Å². The van der Waals surface area contributed by atoms with Gasteiger partial charge < -0.3 is 14.9 Å². The molecule has 7 heteroatoms. The molecule has 0 saturated heterocycles. The topological polar surface area (TPSA) is 101 Å². The predicted octanol–water partition coefficient (Wildman–Crippen LogP) is 4.07.